The van der Waals surface area contributed by atoms with E-state index >= 15 is 0 Å². The predicted molar refractivity (Wildman–Crippen MR) is 105 cm³/mol. The summed E-state index contributed by atoms with van der Waals surface area (Å²) < 4.78 is 0. The Morgan fingerprint density at radius 2 is 1.76 bits per heavy atom. The molecule has 2 saturated carbocycles. The van der Waals surface area contributed by atoms with Gasteiger partial charge in [0, 0.05) is 24.8 Å². The molecule has 1 heterocycles. The zero-order valence-corrected chi connectivity index (χ0v) is 16.4. The van der Waals surface area contributed by atoms with E-state index in [1.165, 1.54) is 0 Å². The second-order valence-corrected chi connectivity index (χ2v) is 8.54. The van der Waals surface area contributed by atoms with E-state index in [0.717, 1.165) is 24.0 Å². The van der Waals surface area contributed by atoms with Gasteiger partial charge in [-0.1, -0.05) is 37.1 Å². The molecule has 0 bridgehead atoms. The summed E-state index contributed by atoms with van der Waals surface area (Å²) in [5.74, 6) is -1.86. The molecule has 1 aromatic carbocycles. The SMILES string of the molecule is N#CC1(NC(=O)[C@@H]2CCCC[C@H]2C(=O)N2Cc3ccccc3CC2C(N)=O)CC1. The zero-order valence-electron chi connectivity index (χ0n) is 16.4. The van der Waals surface area contributed by atoms with Crippen LogP contribution in [-0.4, -0.2) is 34.2 Å². The lowest BCUT2D eigenvalue weighted by Gasteiger charge is -2.40. The summed E-state index contributed by atoms with van der Waals surface area (Å²) in [5.41, 5.74) is 6.93. The van der Waals surface area contributed by atoms with Crippen LogP contribution in [-0.2, 0) is 27.3 Å². The highest BCUT2D eigenvalue weighted by Gasteiger charge is 2.48. The van der Waals surface area contributed by atoms with Crippen molar-refractivity contribution in [3.8, 4) is 6.07 Å². The number of fused-ring (bicyclic) bond motifs is 1. The fraction of sp³-hybridized carbons (Fsp3) is 0.545. The topological polar surface area (TPSA) is 116 Å². The van der Waals surface area contributed by atoms with Gasteiger partial charge in [-0.3, -0.25) is 14.4 Å². The van der Waals surface area contributed by atoms with Crippen molar-refractivity contribution in [3.05, 3.63) is 35.4 Å². The van der Waals surface area contributed by atoms with Crippen LogP contribution in [0.5, 0.6) is 0 Å². The molecule has 0 spiro atoms. The van der Waals surface area contributed by atoms with Crippen molar-refractivity contribution in [3.63, 3.8) is 0 Å². The van der Waals surface area contributed by atoms with E-state index in [9.17, 15) is 19.6 Å². The average Bonchev–Trinajstić information content (AvgIpc) is 3.52. The molecule has 1 aliphatic heterocycles. The van der Waals surface area contributed by atoms with Crippen molar-refractivity contribution in [2.45, 2.75) is 63.1 Å². The van der Waals surface area contributed by atoms with E-state index in [1.54, 1.807) is 4.90 Å². The van der Waals surface area contributed by atoms with Crippen molar-refractivity contribution in [2.24, 2.45) is 17.6 Å². The van der Waals surface area contributed by atoms with Gasteiger partial charge < -0.3 is 16.0 Å². The number of carbonyl (C=O) groups excluding carboxylic acids is 3. The molecule has 7 heteroatoms. The number of primary amides is 1. The van der Waals surface area contributed by atoms with Crippen molar-refractivity contribution in [1.29, 1.82) is 5.26 Å². The van der Waals surface area contributed by atoms with Crippen LogP contribution in [0.1, 0.15) is 49.7 Å². The van der Waals surface area contributed by atoms with Crippen molar-refractivity contribution in [2.75, 3.05) is 0 Å². The number of hydrogen-bond donors (Lipinski definition) is 2. The quantitative estimate of drug-likeness (QED) is 0.803. The highest BCUT2D eigenvalue weighted by atomic mass is 16.2. The monoisotopic (exact) mass is 394 g/mol. The van der Waals surface area contributed by atoms with Crippen molar-refractivity contribution >= 4 is 17.7 Å². The number of nitrogens with zero attached hydrogens (tertiary/aromatic N) is 2. The molecule has 4 rings (SSSR count). The molecule has 7 nitrogen and oxygen atoms in total. The van der Waals surface area contributed by atoms with Gasteiger partial charge >= 0.3 is 0 Å². The standard InChI is InChI=1S/C22H26N4O3/c23-13-22(9-10-22)25-20(28)16-7-3-4-8-17(16)21(29)26-12-15-6-2-1-5-14(15)11-18(26)19(24)27/h1-2,5-6,16-18H,3-4,7-12H2,(H2,24,27)(H,25,28)/t16-,17-,18?/m1/s1. The second kappa shape index (κ2) is 7.51. The lowest BCUT2D eigenvalue weighted by molar-refractivity contribution is -0.149. The Morgan fingerprint density at radius 1 is 1.10 bits per heavy atom. The highest BCUT2D eigenvalue weighted by Crippen LogP contribution is 2.38. The maximum atomic E-state index is 13.5. The van der Waals surface area contributed by atoms with E-state index < -0.39 is 29.3 Å². The molecule has 1 aromatic rings. The van der Waals surface area contributed by atoms with E-state index in [4.69, 9.17) is 5.73 Å². The number of benzene rings is 1. The Hall–Kier alpha value is -2.88. The van der Waals surface area contributed by atoms with Gasteiger partial charge in [0.05, 0.1) is 6.07 Å². The third kappa shape index (κ3) is 3.71. The first-order valence-corrected chi connectivity index (χ1v) is 10.3. The fourth-order valence-corrected chi connectivity index (χ4v) is 4.68. The number of rotatable bonds is 4. The summed E-state index contributed by atoms with van der Waals surface area (Å²) in [6.45, 7) is 0.329. The summed E-state index contributed by atoms with van der Waals surface area (Å²) in [6, 6.07) is 9.23. The summed E-state index contributed by atoms with van der Waals surface area (Å²) in [4.78, 5) is 40.1. The smallest absolute Gasteiger partial charge is 0.240 e. The van der Waals surface area contributed by atoms with Crippen LogP contribution in [0.15, 0.2) is 24.3 Å². The third-order valence-electron chi connectivity index (χ3n) is 6.61. The molecule has 3 atom stereocenters. The largest absolute Gasteiger partial charge is 0.368 e. The Balaban J connectivity index is 1.56. The average molecular weight is 394 g/mol. The number of amides is 3. The van der Waals surface area contributed by atoms with Gasteiger partial charge in [0.15, 0.2) is 0 Å². The number of carbonyl (C=O) groups is 3. The van der Waals surface area contributed by atoms with E-state index in [0.29, 0.717) is 38.6 Å². The van der Waals surface area contributed by atoms with Crippen LogP contribution in [0.4, 0.5) is 0 Å². The molecule has 3 amide bonds. The molecule has 0 radical (unpaired) electrons. The molecule has 0 saturated heterocycles. The molecular formula is C22H26N4O3. The van der Waals surface area contributed by atoms with E-state index in [2.05, 4.69) is 11.4 Å². The third-order valence-corrected chi connectivity index (χ3v) is 6.61. The number of nitriles is 1. The molecule has 2 fully saturated rings. The molecule has 0 aromatic heterocycles. The normalized spacial score (nSPS) is 27.3. The van der Waals surface area contributed by atoms with Crippen LogP contribution < -0.4 is 11.1 Å². The van der Waals surface area contributed by atoms with Gasteiger partial charge in [-0.15, -0.1) is 0 Å². The van der Waals surface area contributed by atoms with Gasteiger partial charge in [-0.05, 0) is 36.8 Å². The Labute approximate surface area is 170 Å². The fourth-order valence-electron chi connectivity index (χ4n) is 4.68. The minimum atomic E-state index is -0.748. The van der Waals surface area contributed by atoms with Crippen LogP contribution >= 0.6 is 0 Å². The highest BCUT2D eigenvalue weighted by molar-refractivity contribution is 5.92. The maximum absolute atomic E-state index is 13.5. The summed E-state index contributed by atoms with van der Waals surface area (Å²) in [6.07, 6.45) is 4.70. The van der Waals surface area contributed by atoms with Crippen LogP contribution in [0.2, 0.25) is 0 Å². The summed E-state index contributed by atoms with van der Waals surface area (Å²) >= 11 is 0. The zero-order chi connectivity index (χ0) is 20.6. The Morgan fingerprint density at radius 3 is 2.38 bits per heavy atom. The van der Waals surface area contributed by atoms with Gasteiger partial charge in [-0.25, -0.2) is 0 Å². The second-order valence-electron chi connectivity index (χ2n) is 8.54. The molecule has 152 valence electrons. The maximum Gasteiger partial charge on any atom is 0.240 e. The molecule has 2 aliphatic carbocycles. The summed E-state index contributed by atoms with van der Waals surface area (Å²) in [5, 5.41) is 12.1. The first kappa shape index (κ1) is 19.4. The van der Waals surface area contributed by atoms with Crippen molar-refractivity contribution in [1.82, 2.24) is 10.2 Å². The minimum Gasteiger partial charge on any atom is -0.368 e. The molecular weight excluding hydrogens is 368 g/mol. The Kier molecular flexibility index (Phi) is 5.03. The number of nitrogens with two attached hydrogens (primary N) is 1. The lowest BCUT2D eigenvalue weighted by Crippen LogP contribution is -2.55. The van der Waals surface area contributed by atoms with Crippen LogP contribution in [0.25, 0.3) is 0 Å². The lowest BCUT2D eigenvalue weighted by atomic mass is 9.77. The molecule has 1 unspecified atom stereocenters. The predicted octanol–water partition coefficient (Wildman–Crippen LogP) is 1.40. The minimum absolute atomic E-state index is 0.176. The number of nitrogens with one attached hydrogen (secondary N) is 1. The number of hydrogen-bond acceptors (Lipinski definition) is 4. The van der Waals surface area contributed by atoms with Crippen LogP contribution in [0.3, 0.4) is 0 Å². The molecule has 3 N–H and O–H groups in total. The van der Waals surface area contributed by atoms with Gasteiger partial charge in [0.2, 0.25) is 17.7 Å². The molecule has 3 aliphatic rings. The Bertz CT molecular complexity index is 886. The van der Waals surface area contributed by atoms with E-state index in [-0.39, 0.29) is 11.8 Å². The van der Waals surface area contributed by atoms with Gasteiger partial charge in [0.25, 0.3) is 0 Å². The van der Waals surface area contributed by atoms with Crippen molar-refractivity contribution < 1.29 is 14.4 Å². The van der Waals surface area contributed by atoms with Crippen LogP contribution in [0, 0.1) is 23.2 Å². The van der Waals surface area contributed by atoms with Gasteiger partial charge in [0.1, 0.15) is 11.6 Å². The summed E-state index contributed by atoms with van der Waals surface area (Å²) in [7, 11) is 0. The van der Waals surface area contributed by atoms with Gasteiger partial charge in [-0.2, -0.15) is 5.26 Å². The van der Waals surface area contributed by atoms with E-state index in [1.807, 2.05) is 24.3 Å². The first-order valence-electron chi connectivity index (χ1n) is 10.3. The first-order chi connectivity index (χ1) is 13.9. The molecule has 29 heavy (non-hydrogen) atoms.